The zero-order chi connectivity index (χ0) is 20.3. The second-order valence-electron chi connectivity index (χ2n) is 6.56. The highest BCUT2D eigenvalue weighted by Crippen LogP contribution is 2.26. The van der Waals surface area contributed by atoms with E-state index in [1.54, 1.807) is 25.1 Å². The highest BCUT2D eigenvalue weighted by molar-refractivity contribution is 7.99. The minimum atomic E-state index is -0.312. The molecule has 0 aliphatic heterocycles. The Labute approximate surface area is 170 Å². The molecular formula is C20H22FN3O2S2. The molecule has 1 atom stereocenters. The molecule has 2 heterocycles. The summed E-state index contributed by atoms with van der Waals surface area (Å²) in [4.78, 5) is 33.7. The summed E-state index contributed by atoms with van der Waals surface area (Å²) < 4.78 is 13.6. The molecule has 0 aliphatic carbocycles. The van der Waals surface area contributed by atoms with Crippen molar-refractivity contribution >= 4 is 39.2 Å². The zero-order valence-corrected chi connectivity index (χ0v) is 17.6. The summed E-state index contributed by atoms with van der Waals surface area (Å²) in [5, 5.41) is 3.17. The molecule has 1 aromatic carbocycles. The number of rotatable bonds is 7. The molecule has 8 heteroatoms. The standard InChI is InChI=1S/C20H22FN3O2S2/c1-11-12(2)28-20-17(11)19(26)23-16(24-20)10-27-13(3)18(25)22-9-8-14-6-4-5-7-15(14)21/h4-7,13H,8-10H2,1-3H3,(H,22,25)(H,23,24,26). The van der Waals surface area contributed by atoms with Gasteiger partial charge in [-0.25, -0.2) is 9.37 Å². The van der Waals surface area contributed by atoms with Gasteiger partial charge in [-0.3, -0.25) is 9.59 Å². The van der Waals surface area contributed by atoms with E-state index >= 15 is 0 Å². The number of aryl methyl sites for hydroxylation is 2. The van der Waals surface area contributed by atoms with E-state index in [0.717, 1.165) is 15.3 Å². The maximum Gasteiger partial charge on any atom is 0.259 e. The lowest BCUT2D eigenvalue weighted by Gasteiger charge is -2.12. The fourth-order valence-electron chi connectivity index (χ4n) is 2.81. The van der Waals surface area contributed by atoms with Crippen LogP contribution in [0.25, 0.3) is 10.2 Å². The van der Waals surface area contributed by atoms with Crippen molar-refractivity contribution < 1.29 is 9.18 Å². The number of halogens is 1. The van der Waals surface area contributed by atoms with E-state index in [2.05, 4.69) is 15.3 Å². The van der Waals surface area contributed by atoms with E-state index in [1.165, 1.54) is 29.2 Å². The number of thioether (sulfide) groups is 1. The van der Waals surface area contributed by atoms with Crippen LogP contribution in [0, 0.1) is 19.7 Å². The van der Waals surface area contributed by atoms with E-state index in [4.69, 9.17) is 0 Å². The van der Waals surface area contributed by atoms with Crippen molar-refractivity contribution in [1.29, 1.82) is 0 Å². The molecule has 1 amide bonds. The molecule has 2 aromatic heterocycles. The fraction of sp³-hybridized carbons (Fsp3) is 0.350. The minimum Gasteiger partial charge on any atom is -0.355 e. The predicted octanol–water partition coefficient (Wildman–Crippen LogP) is 3.72. The highest BCUT2D eigenvalue weighted by Gasteiger charge is 2.16. The Balaban J connectivity index is 1.54. The Morgan fingerprint density at radius 2 is 2.11 bits per heavy atom. The number of amides is 1. The molecule has 148 valence electrons. The van der Waals surface area contributed by atoms with Gasteiger partial charge in [-0.15, -0.1) is 23.1 Å². The third kappa shape index (κ3) is 4.62. The molecule has 3 aromatic rings. The van der Waals surface area contributed by atoms with Crippen LogP contribution in [0.5, 0.6) is 0 Å². The largest absolute Gasteiger partial charge is 0.355 e. The Morgan fingerprint density at radius 1 is 1.36 bits per heavy atom. The number of thiophene rings is 1. The van der Waals surface area contributed by atoms with Gasteiger partial charge in [-0.05, 0) is 44.4 Å². The lowest BCUT2D eigenvalue weighted by atomic mass is 10.1. The first kappa shape index (κ1) is 20.5. The summed E-state index contributed by atoms with van der Waals surface area (Å²) in [6.07, 6.45) is 0.443. The Kier molecular flexibility index (Phi) is 6.51. The van der Waals surface area contributed by atoms with Gasteiger partial charge in [0.15, 0.2) is 0 Å². The van der Waals surface area contributed by atoms with E-state index in [9.17, 15) is 14.0 Å². The first-order valence-corrected chi connectivity index (χ1v) is 10.8. The van der Waals surface area contributed by atoms with Crippen molar-refractivity contribution in [2.24, 2.45) is 0 Å². The average Bonchev–Trinajstić information content (AvgIpc) is 2.95. The molecule has 3 rings (SSSR count). The lowest BCUT2D eigenvalue weighted by molar-refractivity contribution is -0.120. The quantitative estimate of drug-likeness (QED) is 0.612. The highest BCUT2D eigenvalue weighted by atomic mass is 32.2. The Morgan fingerprint density at radius 3 is 2.86 bits per heavy atom. The number of nitrogens with one attached hydrogen (secondary N) is 2. The topological polar surface area (TPSA) is 74.8 Å². The van der Waals surface area contributed by atoms with E-state index in [1.807, 2.05) is 13.8 Å². The van der Waals surface area contributed by atoms with Crippen LogP contribution in [0.2, 0.25) is 0 Å². The van der Waals surface area contributed by atoms with Gasteiger partial charge in [-0.2, -0.15) is 0 Å². The summed E-state index contributed by atoms with van der Waals surface area (Å²) >= 11 is 2.91. The number of benzene rings is 1. The van der Waals surface area contributed by atoms with Gasteiger partial charge in [0, 0.05) is 11.4 Å². The van der Waals surface area contributed by atoms with Crippen molar-refractivity contribution in [1.82, 2.24) is 15.3 Å². The number of carbonyl (C=O) groups excluding carboxylic acids is 1. The first-order chi connectivity index (χ1) is 13.4. The minimum absolute atomic E-state index is 0.118. The number of fused-ring (bicyclic) bond motifs is 1. The molecule has 0 bridgehead atoms. The van der Waals surface area contributed by atoms with Gasteiger partial charge < -0.3 is 10.3 Å². The second-order valence-corrected chi connectivity index (χ2v) is 9.09. The summed E-state index contributed by atoms with van der Waals surface area (Å²) in [6, 6.07) is 6.55. The predicted molar refractivity (Wildman–Crippen MR) is 114 cm³/mol. The van der Waals surface area contributed by atoms with Crippen LogP contribution in [-0.2, 0) is 17.0 Å². The second kappa shape index (κ2) is 8.87. The number of aromatic nitrogens is 2. The molecule has 0 aliphatic rings. The molecular weight excluding hydrogens is 397 g/mol. The SMILES string of the molecule is Cc1sc2nc(CSC(C)C(=O)NCCc3ccccc3F)[nH]c(=O)c2c1C. The smallest absolute Gasteiger partial charge is 0.259 e. The lowest BCUT2D eigenvalue weighted by Crippen LogP contribution is -2.32. The summed E-state index contributed by atoms with van der Waals surface area (Å²) in [7, 11) is 0. The summed E-state index contributed by atoms with van der Waals surface area (Å²) in [5.74, 6) is 0.620. The maximum absolute atomic E-state index is 13.6. The van der Waals surface area contributed by atoms with Crippen LogP contribution >= 0.6 is 23.1 Å². The number of carbonyl (C=O) groups is 1. The molecule has 0 saturated carbocycles. The van der Waals surface area contributed by atoms with Crippen LogP contribution in [-0.4, -0.2) is 27.7 Å². The molecule has 0 saturated heterocycles. The number of H-pyrrole nitrogens is 1. The van der Waals surface area contributed by atoms with Gasteiger partial charge in [0.2, 0.25) is 5.91 Å². The van der Waals surface area contributed by atoms with Crippen LogP contribution < -0.4 is 10.9 Å². The maximum atomic E-state index is 13.6. The van der Waals surface area contributed by atoms with Crippen LogP contribution in [0.3, 0.4) is 0 Å². The number of aromatic amines is 1. The van der Waals surface area contributed by atoms with E-state index in [0.29, 0.717) is 35.5 Å². The third-order valence-electron chi connectivity index (χ3n) is 4.58. The van der Waals surface area contributed by atoms with E-state index in [-0.39, 0.29) is 22.5 Å². The molecule has 5 nitrogen and oxygen atoms in total. The Hall–Kier alpha value is -2.19. The van der Waals surface area contributed by atoms with Gasteiger partial charge in [0.25, 0.3) is 5.56 Å². The van der Waals surface area contributed by atoms with Crippen molar-refractivity contribution in [3.63, 3.8) is 0 Å². The average molecular weight is 420 g/mol. The van der Waals surface area contributed by atoms with Gasteiger partial charge in [0.1, 0.15) is 16.5 Å². The first-order valence-electron chi connectivity index (χ1n) is 8.98. The molecule has 1 unspecified atom stereocenters. The van der Waals surface area contributed by atoms with Crippen LogP contribution in [0.15, 0.2) is 29.1 Å². The monoisotopic (exact) mass is 419 g/mol. The van der Waals surface area contributed by atoms with Crippen molar-refractivity contribution in [3.8, 4) is 0 Å². The van der Waals surface area contributed by atoms with Crippen molar-refractivity contribution in [2.45, 2.75) is 38.2 Å². The van der Waals surface area contributed by atoms with E-state index < -0.39 is 0 Å². The van der Waals surface area contributed by atoms with Crippen molar-refractivity contribution in [3.05, 3.63) is 62.3 Å². The molecule has 28 heavy (non-hydrogen) atoms. The van der Waals surface area contributed by atoms with Crippen LogP contribution in [0.4, 0.5) is 4.39 Å². The molecule has 0 fully saturated rings. The van der Waals surface area contributed by atoms with Gasteiger partial charge in [-0.1, -0.05) is 18.2 Å². The number of nitrogens with zero attached hydrogens (tertiary/aromatic N) is 1. The molecule has 2 N–H and O–H groups in total. The Bertz CT molecular complexity index is 1060. The normalized spacial score (nSPS) is 12.3. The number of hydrogen-bond donors (Lipinski definition) is 2. The van der Waals surface area contributed by atoms with Gasteiger partial charge in [0.05, 0.1) is 16.4 Å². The number of hydrogen-bond acceptors (Lipinski definition) is 5. The van der Waals surface area contributed by atoms with Gasteiger partial charge >= 0.3 is 0 Å². The van der Waals surface area contributed by atoms with Crippen molar-refractivity contribution in [2.75, 3.05) is 6.54 Å². The fourth-order valence-corrected chi connectivity index (χ4v) is 4.64. The third-order valence-corrected chi connectivity index (χ3v) is 6.83. The molecule has 0 radical (unpaired) electrons. The summed E-state index contributed by atoms with van der Waals surface area (Å²) in [6.45, 7) is 6.08. The zero-order valence-electron chi connectivity index (χ0n) is 16.0. The van der Waals surface area contributed by atoms with Crippen LogP contribution in [0.1, 0.15) is 28.8 Å². The molecule has 0 spiro atoms. The summed E-state index contributed by atoms with van der Waals surface area (Å²) in [5.41, 5.74) is 1.42.